The normalized spacial score (nSPS) is 27.9. The lowest BCUT2D eigenvalue weighted by molar-refractivity contribution is 0.117. The second-order valence-corrected chi connectivity index (χ2v) is 6.98. The molecule has 1 heterocycles. The molecule has 132 valence electrons. The molecule has 0 aromatic heterocycles. The highest BCUT2D eigenvalue weighted by Crippen LogP contribution is 2.25. The van der Waals surface area contributed by atoms with E-state index in [4.69, 9.17) is 9.73 Å². The number of nitrogens with zero attached hydrogens (tertiary/aromatic N) is 1. The van der Waals surface area contributed by atoms with Gasteiger partial charge < -0.3 is 20.5 Å². The molecular weight excluding hydrogens is 302 g/mol. The van der Waals surface area contributed by atoms with E-state index in [0.29, 0.717) is 24.2 Å². The molecule has 1 saturated heterocycles. The fourth-order valence-electron chi connectivity index (χ4n) is 3.52. The van der Waals surface area contributed by atoms with Crippen LogP contribution in [0.1, 0.15) is 45.4 Å². The summed E-state index contributed by atoms with van der Waals surface area (Å²) in [7, 11) is 0. The predicted octanol–water partition coefficient (Wildman–Crippen LogP) is 3.51. The standard InChI is InChI=1S/C19H29N3O2/c1-14-7-2-3-9-16(14)21-19(20-13-15-8-6-12-24-15)22-17-10-4-5-11-18(17)23/h4-5,10-11,14-16,23H,2-3,6-9,12-13H2,1H3,(H2,20,21,22). The maximum Gasteiger partial charge on any atom is 0.196 e. The Hall–Kier alpha value is -1.75. The van der Waals surface area contributed by atoms with Gasteiger partial charge in [-0.15, -0.1) is 0 Å². The number of hydrogen-bond acceptors (Lipinski definition) is 3. The molecule has 24 heavy (non-hydrogen) atoms. The molecule has 1 aromatic carbocycles. The van der Waals surface area contributed by atoms with Crippen molar-refractivity contribution < 1.29 is 9.84 Å². The number of guanidine groups is 1. The Bertz CT molecular complexity index is 555. The van der Waals surface area contributed by atoms with Crippen LogP contribution in [0, 0.1) is 5.92 Å². The van der Waals surface area contributed by atoms with Gasteiger partial charge in [-0.05, 0) is 43.7 Å². The number of ether oxygens (including phenoxy) is 1. The van der Waals surface area contributed by atoms with Crippen molar-refractivity contribution in [2.75, 3.05) is 18.5 Å². The van der Waals surface area contributed by atoms with E-state index < -0.39 is 0 Å². The van der Waals surface area contributed by atoms with E-state index in [-0.39, 0.29) is 11.9 Å². The van der Waals surface area contributed by atoms with Crippen molar-refractivity contribution in [1.82, 2.24) is 5.32 Å². The third-order valence-electron chi connectivity index (χ3n) is 5.07. The highest BCUT2D eigenvalue weighted by molar-refractivity contribution is 5.95. The zero-order valence-electron chi connectivity index (χ0n) is 14.5. The Labute approximate surface area is 144 Å². The monoisotopic (exact) mass is 331 g/mol. The molecule has 1 aliphatic carbocycles. The zero-order valence-corrected chi connectivity index (χ0v) is 14.5. The first kappa shape index (κ1) is 17.1. The molecule has 2 aliphatic rings. The highest BCUT2D eigenvalue weighted by atomic mass is 16.5. The van der Waals surface area contributed by atoms with E-state index in [9.17, 15) is 5.11 Å². The molecule has 3 N–H and O–H groups in total. The van der Waals surface area contributed by atoms with E-state index in [1.807, 2.05) is 18.2 Å². The first-order valence-electron chi connectivity index (χ1n) is 9.20. The molecule has 0 bridgehead atoms. The molecule has 3 atom stereocenters. The number of rotatable bonds is 4. The van der Waals surface area contributed by atoms with Crippen LogP contribution in [-0.4, -0.2) is 36.4 Å². The summed E-state index contributed by atoms with van der Waals surface area (Å²) in [5.41, 5.74) is 0.680. The summed E-state index contributed by atoms with van der Waals surface area (Å²) in [6.45, 7) is 3.80. The molecule has 1 aromatic rings. The van der Waals surface area contributed by atoms with Gasteiger partial charge in [0.1, 0.15) is 5.75 Å². The Morgan fingerprint density at radius 2 is 2.04 bits per heavy atom. The fourth-order valence-corrected chi connectivity index (χ4v) is 3.52. The Kier molecular flexibility index (Phi) is 5.96. The van der Waals surface area contributed by atoms with Gasteiger partial charge in [0.15, 0.2) is 5.96 Å². The van der Waals surface area contributed by atoms with Crippen LogP contribution in [-0.2, 0) is 4.74 Å². The SMILES string of the molecule is CC1CCCCC1NC(=NCC1CCCO1)Nc1ccccc1O. The maximum atomic E-state index is 10.0. The number of aliphatic imine (C=N–C) groups is 1. The average Bonchev–Trinajstić information content (AvgIpc) is 3.10. The summed E-state index contributed by atoms with van der Waals surface area (Å²) in [5, 5.41) is 16.9. The first-order chi connectivity index (χ1) is 11.7. The molecule has 1 aliphatic heterocycles. The minimum Gasteiger partial charge on any atom is -0.506 e. The molecule has 3 unspecified atom stereocenters. The van der Waals surface area contributed by atoms with Gasteiger partial charge in [0.25, 0.3) is 0 Å². The minimum atomic E-state index is 0.219. The van der Waals surface area contributed by atoms with Crippen molar-refractivity contribution in [1.29, 1.82) is 0 Å². The van der Waals surface area contributed by atoms with Crippen LogP contribution < -0.4 is 10.6 Å². The number of para-hydroxylation sites is 2. The summed E-state index contributed by atoms with van der Waals surface area (Å²) in [5.74, 6) is 1.62. The number of aromatic hydroxyl groups is 1. The second kappa shape index (κ2) is 8.38. The largest absolute Gasteiger partial charge is 0.506 e. The quantitative estimate of drug-likeness (QED) is 0.449. The van der Waals surface area contributed by atoms with Crippen LogP contribution in [0.3, 0.4) is 0 Å². The molecule has 5 heteroatoms. The molecule has 1 saturated carbocycles. The zero-order chi connectivity index (χ0) is 16.8. The lowest BCUT2D eigenvalue weighted by Gasteiger charge is -2.31. The van der Waals surface area contributed by atoms with Crippen molar-refractivity contribution in [3.63, 3.8) is 0 Å². The van der Waals surface area contributed by atoms with Crippen LogP contribution >= 0.6 is 0 Å². The number of nitrogens with one attached hydrogen (secondary N) is 2. The van der Waals surface area contributed by atoms with Crippen LogP contribution in [0.25, 0.3) is 0 Å². The van der Waals surface area contributed by atoms with Gasteiger partial charge >= 0.3 is 0 Å². The first-order valence-corrected chi connectivity index (χ1v) is 9.20. The van der Waals surface area contributed by atoms with E-state index in [0.717, 1.165) is 25.4 Å². The number of phenolic OH excluding ortho intramolecular Hbond substituents is 1. The van der Waals surface area contributed by atoms with Gasteiger partial charge in [-0.2, -0.15) is 0 Å². The van der Waals surface area contributed by atoms with Gasteiger partial charge in [0.05, 0.1) is 18.3 Å². The van der Waals surface area contributed by atoms with Gasteiger partial charge in [-0.25, -0.2) is 0 Å². The molecule has 0 amide bonds. The topological polar surface area (TPSA) is 65.9 Å². The van der Waals surface area contributed by atoms with Gasteiger partial charge in [0, 0.05) is 12.6 Å². The number of anilines is 1. The Morgan fingerprint density at radius 3 is 2.79 bits per heavy atom. The van der Waals surface area contributed by atoms with E-state index >= 15 is 0 Å². The molecule has 0 spiro atoms. The molecule has 3 rings (SSSR count). The van der Waals surface area contributed by atoms with Crippen LogP contribution in [0.2, 0.25) is 0 Å². The molecule has 0 radical (unpaired) electrons. The van der Waals surface area contributed by atoms with Crippen molar-refractivity contribution in [2.45, 2.75) is 57.6 Å². The van der Waals surface area contributed by atoms with E-state index in [2.05, 4.69) is 17.6 Å². The van der Waals surface area contributed by atoms with Gasteiger partial charge in [-0.1, -0.05) is 31.9 Å². The maximum absolute atomic E-state index is 10.0. The fraction of sp³-hybridized carbons (Fsp3) is 0.632. The lowest BCUT2D eigenvalue weighted by atomic mass is 9.86. The Balaban J connectivity index is 1.69. The molecule has 5 nitrogen and oxygen atoms in total. The summed E-state index contributed by atoms with van der Waals surface area (Å²) in [6, 6.07) is 7.70. The minimum absolute atomic E-state index is 0.219. The van der Waals surface area contributed by atoms with Crippen molar-refractivity contribution in [2.24, 2.45) is 10.9 Å². The van der Waals surface area contributed by atoms with Crippen molar-refractivity contribution in [3.05, 3.63) is 24.3 Å². The van der Waals surface area contributed by atoms with Crippen molar-refractivity contribution in [3.8, 4) is 5.75 Å². The summed E-state index contributed by atoms with van der Waals surface area (Å²) >= 11 is 0. The summed E-state index contributed by atoms with van der Waals surface area (Å²) < 4.78 is 5.68. The Morgan fingerprint density at radius 1 is 1.21 bits per heavy atom. The van der Waals surface area contributed by atoms with Crippen LogP contribution in [0.15, 0.2) is 29.3 Å². The van der Waals surface area contributed by atoms with E-state index in [1.54, 1.807) is 6.07 Å². The number of hydrogen-bond donors (Lipinski definition) is 3. The van der Waals surface area contributed by atoms with E-state index in [1.165, 1.54) is 25.7 Å². The third kappa shape index (κ3) is 4.63. The summed E-state index contributed by atoms with van der Waals surface area (Å²) in [6.07, 6.45) is 7.42. The van der Waals surface area contributed by atoms with Crippen molar-refractivity contribution >= 4 is 11.6 Å². The second-order valence-electron chi connectivity index (χ2n) is 6.98. The highest BCUT2D eigenvalue weighted by Gasteiger charge is 2.23. The lowest BCUT2D eigenvalue weighted by Crippen LogP contribution is -2.44. The molecular formula is C19H29N3O2. The number of benzene rings is 1. The van der Waals surface area contributed by atoms with Crippen LogP contribution in [0.5, 0.6) is 5.75 Å². The summed E-state index contributed by atoms with van der Waals surface area (Å²) in [4.78, 5) is 4.73. The number of phenols is 1. The average molecular weight is 331 g/mol. The smallest absolute Gasteiger partial charge is 0.196 e. The molecule has 2 fully saturated rings. The van der Waals surface area contributed by atoms with Gasteiger partial charge in [-0.3, -0.25) is 4.99 Å². The van der Waals surface area contributed by atoms with Gasteiger partial charge in [0.2, 0.25) is 0 Å². The van der Waals surface area contributed by atoms with Crippen LogP contribution in [0.4, 0.5) is 5.69 Å². The third-order valence-corrected chi connectivity index (χ3v) is 5.07. The predicted molar refractivity (Wildman–Crippen MR) is 97.6 cm³/mol.